The fraction of sp³-hybridized carbons (Fsp3) is 0.452. The molecule has 3 aromatic carbocycles. The molecular weight excluding hydrogens is 721 g/mol. The van der Waals surface area contributed by atoms with Crippen LogP contribution in [0.1, 0.15) is 82.4 Å². The number of aromatic nitrogens is 2. The van der Waals surface area contributed by atoms with Crippen LogP contribution in [0.15, 0.2) is 94.6 Å². The Morgan fingerprint density at radius 3 is 2.00 bits per heavy atom. The fourth-order valence-corrected chi connectivity index (χ4v) is 8.71. The molecule has 1 saturated heterocycles. The van der Waals surface area contributed by atoms with Gasteiger partial charge in [0, 0.05) is 36.7 Å². The lowest BCUT2D eigenvalue weighted by Gasteiger charge is -2.39. The number of rotatable bonds is 19. The van der Waals surface area contributed by atoms with E-state index in [-0.39, 0.29) is 30.9 Å². The van der Waals surface area contributed by atoms with Gasteiger partial charge in [-0.1, -0.05) is 54.6 Å². The first-order valence-corrected chi connectivity index (χ1v) is 19.8. The normalized spacial score (nSPS) is 17.9. The Morgan fingerprint density at radius 2 is 1.47 bits per heavy atom. The summed E-state index contributed by atoms with van der Waals surface area (Å²) in [6.45, 7) is 12.0. The first kappa shape index (κ1) is 42.0. The van der Waals surface area contributed by atoms with Crippen LogP contribution in [-0.2, 0) is 28.9 Å². The number of ketones is 1. The quantitative estimate of drug-likeness (QED) is 0.0590. The topological polar surface area (TPSA) is 131 Å². The van der Waals surface area contributed by atoms with Crippen molar-refractivity contribution in [2.24, 2.45) is 0 Å². The van der Waals surface area contributed by atoms with E-state index < -0.39 is 43.8 Å². The molecule has 0 spiro atoms. The molecule has 1 aliphatic rings. The Morgan fingerprint density at radius 1 is 0.909 bits per heavy atom. The first-order chi connectivity index (χ1) is 26.4. The maximum atomic E-state index is 13.2. The number of methoxy groups -OCH3 is 2. The Kier molecular flexibility index (Phi) is 14.6. The second kappa shape index (κ2) is 19.1. The van der Waals surface area contributed by atoms with Gasteiger partial charge in [-0.15, -0.1) is 0 Å². The highest BCUT2D eigenvalue weighted by molar-refractivity contribution is 7.44. The smallest absolute Gasteiger partial charge is 0.330 e. The monoisotopic (exact) mass is 775 g/mol. The molecule has 1 unspecified atom stereocenters. The number of hydrogen-bond donors (Lipinski definition) is 1. The maximum absolute atomic E-state index is 13.2. The molecule has 55 heavy (non-hydrogen) atoms. The summed E-state index contributed by atoms with van der Waals surface area (Å²) < 4.78 is 42.0. The van der Waals surface area contributed by atoms with Crippen molar-refractivity contribution in [3.63, 3.8) is 0 Å². The lowest BCUT2D eigenvalue weighted by molar-refractivity contribution is -0.117. The number of carbonyl (C=O) groups excluding carboxylic acids is 1. The number of aromatic amines is 1. The lowest BCUT2D eigenvalue weighted by atomic mass is 9.80. The van der Waals surface area contributed by atoms with Crippen LogP contribution in [-0.4, -0.2) is 71.7 Å². The van der Waals surface area contributed by atoms with E-state index in [2.05, 4.69) is 37.3 Å². The van der Waals surface area contributed by atoms with Gasteiger partial charge in [0.2, 0.25) is 0 Å². The summed E-state index contributed by atoms with van der Waals surface area (Å²) >= 11 is 0. The summed E-state index contributed by atoms with van der Waals surface area (Å²) in [4.78, 5) is 39.7. The standard InChI is InChI=1S/C42H54N3O9P/c1-28(2)45(29(3)4)55(52-24-12-13-31(6)46)54-37-25-39(44-26-30(5)40(47)43-41(44)48)53-38(37)27-51-42(32-14-10-9-11-15-32,33-16-20-35(49-7)21-17-33)34-18-22-36(50-8)23-19-34/h9-11,14-23,26,28-29,37-39H,12-13,24-25,27H2,1-8H3,(H,43,47,48)/t37-,38+,39+,55?/m0/s1. The predicted octanol–water partition coefficient (Wildman–Crippen LogP) is 7.28. The van der Waals surface area contributed by atoms with E-state index >= 15 is 0 Å². The molecule has 1 aliphatic heterocycles. The van der Waals surface area contributed by atoms with E-state index in [1.807, 2.05) is 78.9 Å². The maximum Gasteiger partial charge on any atom is 0.330 e. The molecule has 1 N–H and O–H groups in total. The van der Waals surface area contributed by atoms with Crippen LogP contribution < -0.4 is 20.7 Å². The number of carbonyl (C=O) groups is 1. The van der Waals surface area contributed by atoms with Gasteiger partial charge in [0.05, 0.1) is 33.5 Å². The number of ether oxygens (including phenoxy) is 4. The molecule has 1 fully saturated rings. The fourth-order valence-electron chi connectivity index (χ4n) is 6.92. The Bertz CT molecular complexity index is 1890. The van der Waals surface area contributed by atoms with Crippen LogP contribution in [0.3, 0.4) is 0 Å². The van der Waals surface area contributed by atoms with Gasteiger partial charge in [-0.3, -0.25) is 14.3 Å². The molecule has 13 heteroatoms. The van der Waals surface area contributed by atoms with Crippen LogP contribution in [0.5, 0.6) is 11.5 Å². The van der Waals surface area contributed by atoms with E-state index in [0.717, 1.165) is 16.7 Å². The second-order valence-electron chi connectivity index (χ2n) is 14.2. The third-order valence-corrected chi connectivity index (χ3v) is 11.8. The Labute approximate surface area is 324 Å². The minimum atomic E-state index is -1.65. The van der Waals surface area contributed by atoms with E-state index in [9.17, 15) is 14.4 Å². The summed E-state index contributed by atoms with van der Waals surface area (Å²) in [7, 11) is 1.61. The Hall–Kier alpha value is -4.16. The summed E-state index contributed by atoms with van der Waals surface area (Å²) in [5, 5.41) is 0. The predicted molar refractivity (Wildman–Crippen MR) is 213 cm³/mol. The third-order valence-electron chi connectivity index (χ3n) is 9.62. The van der Waals surface area contributed by atoms with Gasteiger partial charge in [0.1, 0.15) is 35.2 Å². The van der Waals surface area contributed by atoms with E-state index in [0.29, 0.717) is 36.5 Å². The van der Waals surface area contributed by atoms with Crippen molar-refractivity contribution in [3.8, 4) is 11.5 Å². The molecule has 1 aromatic heterocycles. The number of aryl methyl sites for hydroxylation is 1. The van der Waals surface area contributed by atoms with Crippen molar-refractivity contribution >= 4 is 14.3 Å². The van der Waals surface area contributed by atoms with Crippen molar-refractivity contribution in [2.45, 2.75) is 96.9 Å². The molecule has 5 rings (SSSR count). The van der Waals surface area contributed by atoms with Gasteiger partial charge in [-0.05, 0) is 88.9 Å². The highest BCUT2D eigenvalue weighted by Gasteiger charge is 2.45. The second-order valence-corrected chi connectivity index (χ2v) is 15.7. The number of Topliss-reactive ketones (excluding diaryl/α,β-unsaturated/α-hetero) is 1. The molecule has 0 amide bonds. The lowest BCUT2D eigenvalue weighted by Crippen LogP contribution is -2.39. The highest BCUT2D eigenvalue weighted by Crippen LogP contribution is 2.50. The van der Waals surface area contributed by atoms with Crippen molar-refractivity contribution < 1.29 is 32.8 Å². The number of nitrogens with one attached hydrogen (secondary N) is 1. The minimum Gasteiger partial charge on any atom is -0.497 e. The zero-order valence-corrected chi connectivity index (χ0v) is 33.9. The molecule has 4 atom stereocenters. The van der Waals surface area contributed by atoms with E-state index in [1.54, 1.807) is 28.1 Å². The largest absolute Gasteiger partial charge is 0.497 e. The molecule has 296 valence electrons. The van der Waals surface area contributed by atoms with Crippen molar-refractivity contribution in [1.29, 1.82) is 0 Å². The van der Waals surface area contributed by atoms with Gasteiger partial charge in [-0.25, -0.2) is 9.46 Å². The van der Waals surface area contributed by atoms with Gasteiger partial charge in [0.15, 0.2) is 0 Å². The summed E-state index contributed by atoms with van der Waals surface area (Å²) in [5.41, 5.74) is 0.802. The van der Waals surface area contributed by atoms with Crippen molar-refractivity contribution in [2.75, 3.05) is 27.4 Å². The average molecular weight is 776 g/mol. The molecule has 0 saturated carbocycles. The van der Waals surface area contributed by atoms with Gasteiger partial charge < -0.3 is 32.8 Å². The zero-order valence-electron chi connectivity index (χ0n) is 33.0. The van der Waals surface area contributed by atoms with Crippen molar-refractivity contribution in [1.82, 2.24) is 14.2 Å². The molecule has 0 bridgehead atoms. The molecule has 2 heterocycles. The average Bonchev–Trinajstić information content (AvgIpc) is 3.57. The molecule has 12 nitrogen and oxygen atoms in total. The van der Waals surface area contributed by atoms with E-state index in [4.69, 9.17) is 28.0 Å². The Balaban J connectivity index is 1.59. The number of hydrogen-bond acceptors (Lipinski definition) is 10. The molecule has 4 aromatic rings. The van der Waals surface area contributed by atoms with Gasteiger partial charge >= 0.3 is 5.69 Å². The van der Waals surface area contributed by atoms with Gasteiger partial charge in [0.25, 0.3) is 14.1 Å². The SMILES string of the molecule is COc1ccc(C(OC[C@H]2O[C@@H](n3cc(C)c(=O)[nH]c3=O)C[C@@H]2OP(OCCCC(C)=O)N(C(C)C)C(C)C)(c2ccccc2)c2ccc(OC)cc2)cc1. The zero-order chi connectivity index (χ0) is 39.7. The van der Waals surface area contributed by atoms with Crippen molar-refractivity contribution in [3.05, 3.63) is 128 Å². The number of benzene rings is 3. The molecule has 0 radical (unpaired) electrons. The van der Waals surface area contributed by atoms with Crippen LogP contribution in [0, 0.1) is 6.92 Å². The highest BCUT2D eigenvalue weighted by atomic mass is 31.2. The van der Waals surface area contributed by atoms with E-state index in [1.165, 1.54) is 10.8 Å². The number of nitrogens with zero attached hydrogens (tertiary/aromatic N) is 2. The number of H-pyrrole nitrogens is 1. The third kappa shape index (κ3) is 9.99. The molecule has 0 aliphatic carbocycles. The summed E-state index contributed by atoms with van der Waals surface area (Å²) in [5.74, 6) is 1.50. The summed E-state index contributed by atoms with van der Waals surface area (Å²) in [6, 6.07) is 25.7. The minimum absolute atomic E-state index is 0.0437. The molecular formula is C42H54N3O9P. The first-order valence-electron chi connectivity index (χ1n) is 18.7. The van der Waals surface area contributed by atoms with Crippen LogP contribution >= 0.6 is 8.53 Å². The van der Waals surface area contributed by atoms with Crippen LogP contribution in [0.25, 0.3) is 0 Å². The van der Waals surface area contributed by atoms with Gasteiger partial charge in [-0.2, -0.15) is 0 Å². The summed E-state index contributed by atoms with van der Waals surface area (Å²) in [6.07, 6.45) is 0.722. The van der Waals surface area contributed by atoms with Crippen LogP contribution in [0.4, 0.5) is 0 Å². The van der Waals surface area contributed by atoms with Crippen LogP contribution in [0.2, 0.25) is 0 Å².